The van der Waals surface area contributed by atoms with Crippen molar-refractivity contribution in [1.29, 1.82) is 0 Å². The normalized spacial score (nSPS) is 12.5. The van der Waals surface area contributed by atoms with Crippen LogP contribution in [0.3, 0.4) is 0 Å². The third-order valence-corrected chi connectivity index (χ3v) is 5.24. The van der Waals surface area contributed by atoms with Crippen LogP contribution in [0.15, 0.2) is 48.7 Å². The van der Waals surface area contributed by atoms with E-state index in [1.165, 1.54) is 23.7 Å². The summed E-state index contributed by atoms with van der Waals surface area (Å²) in [6.07, 6.45) is 4.88. The van der Waals surface area contributed by atoms with Gasteiger partial charge in [0, 0.05) is 11.3 Å². The minimum Gasteiger partial charge on any atom is -0.462 e. The largest absolute Gasteiger partial charge is 0.462 e. The zero-order valence-electron chi connectivity index (χ0n) is 16.6. The van der Waals surface area contributed by atoms with E-state index < -0.39 is 0 Å². The van der Waals surface area contributed by atoms with Gasteiger partial charge in [-0.15, -0.1) is 0 Å². The SMILES string of the molecule is CCOC(=O)c1cnn(-c2ccc(C(=O)Nc3ccc4c(c3)CCC4)cc2)c1C. The summed E-state index contributed by atoms with van der Waals surface area (Å²) < 4.78 is 6.71. The topological polar surface area (TPSA) is 73.2 Å². The Labute approximate surface area is 169 Å². The lowest BCUT2D eigenvalue weighted by Gasteiger charge is -2.09. The molecule has 1 aromatic heterocycles. The molecular weight excluding hydrogens is 366 g/mol. The Kier molecular flexibility index (Phi) is 5.16. The molecule has 1 heterocycles. The molecule has 0 radical (unpaired) electrons. The molecule has 1 aliphatic rings. The van der Waals surface area contributed by atoms with Crippen LogP contribution in [0, 0.1) is 6.92 Å². The van der Waals surface area contributed by atoms with Gasteiger partial charge in [0.25, 0.3) is 5.91 Å². The first-order valence-corrected chi connectivity index (χ1v) is 9.82. The number of benzene rings is 2. The lowest BCUT2D eigenvalue weighted by atomic mass is 10.1. The van der Waals surface area contributed by atoms with Crippen molar-refractivity contribution >= 4 is 17.6 Å². The van der Waals surface area contributed by atoms with Crippen LogP contribution in [0.5, 0.6) is 0 Å². The Morgan fingerprint density at radius 1 is 1.10 bits per heavy atom. The summed E-state index contributed by atoms with van der Waals surface area (Å²) in [6.45, 7) is 3.90. The molecule has 29 heavy (non-hydrogen) atoms. The molecule has 1 amide bonds. The maximum absolute atomic E-state index is 12.6. The van der Waals surface area contributed by atoms with Gasteiger partial charge in [-0.25, -0.2) is 9.48 Å². The molecule has 0 fully saturated rings. The van der Waals surface area contributed by atoms with Gasteiger partial charge in [-0.2, -0.15) is 5.10 Å². The molecule has 1 aliphatic carbocycles. The van der Waals surface area contributed by atoms with Crippen molar-refractivity contribution in [2.24, 2.45) is 0 Å². The smallest absolute Gasteiger partial charge is 0.341 e. The summed E-state index contributed by atoms with van der Waals surface area (Å²) >= 11 is 0. The summed E-state index contributed by atoms with van der Waals surface area (Å²) in [5.41, 5.74) is 5.98. The van der Waals surface area contributed by atoms with Gasteiger partial charge in [-0.1, -0.05) is 6.07 Å². The van der Waals surface area contributed by atoms with E-state index in [1.807, 2.05) is 25.1 Å². The fourth-order valence-electron chi connectivity index (χ4n) is 3.69. The number of ether oxygens (including phenoxy) is 1. The molecule has 0 saturated carbocycles. The highest BCUT2D eigenvalue weighted by Gasteiger charge is 2.17. The Balaban J connectivity index is 1.49. The van der Waals surface area contributed by atoms with Crippen molar-refractivity contribution in [1.82, 2.24) is 9.78 Å². The average molecular weight is 389 g/mol. The van der Waals surface area contributed by atoms with Crippen LogP contribution < -0.4 is 5.32 Å². The molecule has 0 saturated heterocycles. The summed E-state index contributed by atoms with van der Waals surface area (Å²) in [7, 11) is 0. The van der Waals surface area contributed by atoms with Crippen LogP contribution in [0.4, 0.5) is 5.69 Å². The number of aryl methyl sites for hydroxylation is 2. The summed E-state index contributed by atoms with van der Waals surface area (Å²) in [6, 6.07) is 13.3. The number of nitrogens with zero attached hydrogens (tertiary/aromatic N) is 2. The van der Waals surface area contributed by atoms with Crippen LogP contribution >= 0.6 is 0 Å². The van der Waals surface area contributed by atoms with E-state index in [-0.39, 0.29) is 11.9 Å². The Morgan fingerprint density at radius 3 is 2.62 bits per heavy atom. The zero-order chi connectivity index (χ0) is 20.4. The molecule has 6 nitrogen and oxygen atoms in total. The Morgan fingerprint density at radius 2 is 1.86 bits per heavy atom. The molecule has 0 aliphatic heterocycles. The van der Waals surface area contributed by atoms with Crippen molar-refractivity contribution in [3.05, 3.63) is 76.6 Å². The van der Waals surface area contributed by atoms with Gasteiger partial charge >= 0.3 is 5.97 Å². The van der Waals surface area contributed by atoms with E-state index in [4.69, 9.17) is 4.74 Å². The highest BCUT2D eigenvalue weighted by Crippen LogP contribution is 2.25. The first-order valence-electron chi connectivity index (χ1n) is 9.82. The number of carbonyl (C=O) groups excluding carboxylic acids is 2. The molecule has 4 rings (SSSR count). The standard InChI is InChI=1S/C23H23N3O3/c1-3-29-23(28)21-14-24-26(15(21)2)20-11-8-17(9-12-20)22(27)25-19-10-7-16-5-4-6-18(16)13-19/h7-14H,3-6H2,1-2H3,(H,25,27). The third kappa shape index (κ3) is 3.78. The minimum absolute atomic E-state index is 0.154. The molecule has 2 aromatic carbocycles. The van der Waals surface area contributed by atoms with E-state index in [0.29, 0.717) is 23.4 Å². The summed E-state index contributed by atoms with van der Waals surface area (Å²) in [4.78, 5) is 24.6. The summed E-state index contributed by atoms with van der Waals surface area (Å²) in [5.74, 6) is -0.541. The van der Waals surface area contributed by atoms with Gasteiger partial charge in [0.05, 0.1) is 24.2 Å². The molecule has 148 valence electrons. The van der Waals surface area contributed by atoms with E-state index in [9.17, 15) is 9.59 Å². The third-order valence-electron chi connectivity index (χ3n) is 5.24. The fraction of sp³-hybridized carbons (Fsp3) is 0.261. The summed E-state index contributed by atoms with van der Waals surface area (Å²) in [5, 5.41) is 7.25. The van der Waals surface area contributed by atoms with Gasteiger partial charge in [0.1, 0.15) is 5.56 Å². The molecular formula is C23H23N3O3. The van der Waals surface area contributed by atoms with Crippen molar-refractivity contribution in [2.75, 3.05) is 11.9 Å². The number of hydrogen-bond donors (Lipinski definition) is 1. The second kappa shape index (κ2) is 7.91. The van der Waals surface area contributed by atoms with E-state index in [2.05, 4.69) is 22.5 Å². The number of nitrogens with one attached hydrogen (secondary N) is 1. The zero-order valence-corrected chi connectivity index (χ0v) is 16.6. The molecule has 0 bridgehead atoms. The number of anilines is 1. The molecule has 1 N–H and O–H groups in total. The van der Waals surface area contributed by atoms with Crippen molar-refractivity contribution in [3.8, 4) is 5.69 Å². The number of hydrogen-bond acceptors (Lipinski definition) is 4. The predicted octanol–water partition coefficient (Wildman–Crippen LogP) is 4.10. The second-order valence-electron chi connectivity index (χ2n) is 7.11. The Bertz CT molecular complexity index is 1070. The Hall–Kier alpha value is -3.41. The second-order valence-corrected chi connectivity index (χ2v) is 7.11. The monoisotopic (exact) mass is 389 g/mol. The van der Waals surface area contributed by atoms with Gasteiger partial charge < -0.3 is 10.1 Å². The highest BCUT2D eigenvalue weighted by atomic mass is 16.5. The number of esters is 1. The van der Waals surface area contributed by atoms with Crippen LogP contribution in [0.25, 0.3) is 5.69 Å². The predicted molar refractivity (Wildman–Crippen MR) is 111 cm³/mol. The van der Waals surface area contributed by atoms with Gasteiger partial charge in [0.15, 0.2) is 0 Å². The van der Waals surface area contributed by atoms with Crippen LogP contribution in [0.1, 0.15) is 50.9 Å². The molecule has 3 aromatic rings. The minimum atomic E-state index is -0.387. The van der Waals surface area contributed by atoms with Crippen LogP contribution in [0.2, 0.25) is 0 Å². The first-order chi connectivity index (χ1) is 14.1. The number of carbonyl (C=O) groups is 2. The highest BCUT2D eigenvalue weighted by molar-refractivity contribution is 6.04. The molecule has 0 atom stereocenters. The van der Waals surface area contributed by atoms with Gasteiger partial charge in [-0.05, 0) is 80.6 Å². The van der Waals surface area contributed by atoms with Gasteiger partial charge in [-0.3, -0.25) is 4.79 Å². The lowest BCUT2D eigenvalue weighted by Crippen LogP contribution is -2.12. The lowest BCUT2D eigenvalue weighted by molar-refractivity contribution is 0.0525. The van der Waals surface area contributed by atoms with Crippen molar-refractivity contribution < 1.29 is 14.3 Å². The maximum Gasteiger partial charge on any atom is 0.341 e. The van der Waals surface area contributed by atoms with Crippen LogP contribution in [-0.2, 0) is 17.6 Å². The van der Waals surface area contributed by atoms with E-state index in [0.717, 1.165) is 24.2 Å². The molecule has 6 heteroatoms. The average Bonchev–Trinajstić information content (AvgIpc) is 3.34. The van der Waals surface area contributed by atoms with E-state index in [1.54, 1.807) is 23.7 Å². The van der Waals surface area contributed by atoms with Gasteiger partial charge in [0.2, 0.25) is 0 Å². The quantitative estimate of drug-likeness (QED) is 0.667. The number of aromatic nitrogens is 2. The fourth-order valence-corrected chi connectivity index (χ4v) is 3.69. The number of fused-ring (bicyclic) bond motifs is 1. The van der Waals surface area contributed by atoms with E-state index >= 15 is 0 Å². The number of amides is 1. The molecule has 0 unspecified atom stereocenters. The molecule has 0 spiro atoms. The number of rotatable bonds is 5. The van der Waals surface area contributed by atoms with Crippen molar-refractivity contribution in [2.45, 2.75) is 33.1 Å². The van der Waals surface area contributed by atoms with Crippen molar-refractivity contribution in [3.63, 3.8) is 0 Å². The van der Waals surface area contributed by atoms with Crippen LogP contribution in [-0.4, -0.2) is 28.3 Å². The maximum atomic E-state index is 12.6. The first kappa shape index (κ1) is 18.9.